The van der Waals surface area contributed by atoms with Gasteiger partial charge in [0.1, 0.15) is 5.56 Å². The Morgan fingerprint density at radius 1 is 1.19 bits per heavy atom. The van der Waals surface area contributed by atoms with Gasteiger partial charge in [0.15, 0.2) is 5.65 Å². The van der Waals surface area contributed by atoms with E-state index in [1.54, 1.807) is 22.7 Å². The molecule has 5 heteroatoms. The van der Waals surface area contributed by atoms with Crippen LogP contribution in [-0.4, -0.2) is 27.6 Å². The maximum absolute atomic E-state index is 12.7. The van der Waals surface area contributed by atoms with E-state index in [2.05, 4.69) is 10.1 Å². The van der Waals surface area contributed by atoms with Gasteiger partial charge in [0, 0.05) is 24.1 Å². The van der Waals surface area contributed by atoms with Crippen LogP contribution in [0.15, 0.2) is 42.6 Å². The molecule has 0 spiro atoms. The van der Waals surface area contributed by atoms with Crippen molar-refractivity contribution < 1.29 is 4.79 Å². The number of amides is 1. The van der Waals surface area contributed by atoms with Gasteiger partial charge in [-0.05, 0) is 32.0 Å². The molecule has 0 saturated heterocycles. The Balaban J connectivity index is 2.06. The van der Waals surface area contributed by atoms with Gasteiger partial charge in [0.2, 0.25) is 0 Å². The Labute approximate surface area is 122 Å². The number of fused-ring (bicyclic) bond motifs is 1. The van der Waals surface area contributed by atoms with Crippen LogP contribution in [0.25, 0.3) is 5.65 Å². The molecule has 2 heterocycles. The topological polar surface area (TPSA) is 50.5 Å². The van der Waals surface area contributed by atoms with Crippen LogP contribution in [0.3, 0.4) is 0 Å². The number of carbonyl (C=O) groups is 1. The van der Waals surface area contributed by atoms with Gasteiger partial charge in [0.25, 0.3) is 5.91 Å². The Morgan fingerprint density at radius 3 is 2.62 bits per heavy atom. The van der Waals surface area contributed by atoms with Gasteiger partial charge >= 0.3 is 0 Å². The monoisotopic (exact) mass is 280 g/mol. The highest BCUT2D eigenvalue weighted by molar-refractivity contribution is 6.09. The van der Waals surface area contributed by atoms with Crippen molar-refractivity contribution in [2.24, 2.45) is 0 Å². The van der Waals surface area contributed by atoms with E-state index in [0.717, 1.165) is 17.1 Å². The SMILES string of the molecule is Cc1cc(C)n2ncc(C(=O)N(C)c3ccccc3)c2n1. The van der Waals surface area contributed by atoms with E-state index in [0.29, 0.717) is 11.2 Å². The van der Waals surface area contributed by atoms with Gasteiger partial charge < -0.3 is 4.90 Å². The quantitative estimate of drug-likeness (QED) is 0.725. The van der Waals surface area contributed by atoms with Gasteiger partial charge in [-0.1, -0.05) is 18.2 Å². The van der Waals surface area contributed by atoms with Gasteiger partial charge in [-0.3, -0.25) is 4.79 Å². The molecule has 2 aromatic heterocycles. The molecule has 3 rings (SSSR count). The zero-order valence-corrected chi connectivity index (χ0v) is 12.2. The minimum atomic E-state index is -0.117. The zero-order chi connectivity index (χ0) is 15.0. The molecule has 106 valence electrons. The predicted octanol–water partition coefficient (Wildman–Crippen LogP) is 2.62. The highest BCUT2D eigenvalue weighted by Crippen LogP contribution is 2.18. The largest absolute Gasteiger partial charge is 0.311 e. The molecule has 1 amide bonds. The summed E-state index contributed by atoms with van der Waals surface area (Å²) in [4.78, 5) is 18.7. The van der Waals surface area contributed by atoms with E-state index in [1.165, 1.54) is 0 Å². The number of para-hydroxylation sites is 1. The van der Waals surface area contributed by atoms with Crippen molar-refractivity contribution in [1.82, 2.24) is 14.6 Å². The molecule has 1 aromatic carbocycles. The fourth-order valence-corrected chi connectivity index (χ4v) is 2.37. The van der Waals surface area contributed by atoms with Crippen molar-refractivity contribution in [3.63, 3.8) is 0 Å². The number of aryl methyl sites for hydroxylation is 2. The molecular weight excluding hydrogens is 264 g/mol. The van der Waals surface area contributed by atoms with Crippen LogP contribution in [0.2, 0.25) is 0 Å². The average molecular weight is 280 g/mol. The van der Waals surface area contributed by atoms with Crippen LogP contribution >= 0.6 is 0 Å². The van der Waals surface area contributed by atoms with Gasteiger partial charge in [-0.25, -0.2) is 9.50 Å². The van der Waals surface area contributed by atoms with Crippen molar-refractivity contribution in [2.45, 2.75) is 13.8 Å². The lowest BCUT2D eigenvalue weighted by Gasteiger charge is -2.16. The molecule has 0 saturated carbocycles. The molecule has 0 bridgehead atoms. The van der Waals surface area contributed by atoms with Crippen molar-refractivity contribution in [1.29, 1.82) is 0 Å². The predicted molar refractivity (Wildman–Crippen MR) is 81.6 cm³/mol. The summed E-state index contributed by atoms with van der Waals surface area (Å²) in [5.74, 6) is -0.117. The molecular formula is C16H16N4O. The molecule has 0 aliphatic carbocycles. The molecule has 0 unspecified atom stereocenters. The summed E-state index contributed by atoms with van der Waals surface area (Å²) >= 11 is 0. The molecule has 0 N–H and O–H groups in total. The number of carbonyl (C=O) groups excluding carboxylic acids is 1. The second-order valence-corrected chi connectivity index (χ2v) is 5.03. The average Bonchev–Trinajstić information content (AvgIpc) is 2.90. The first kappa shape index (κ1) is 13.3. The summed E-state index contributed by atoms with van der Waals surface area (Å²) in [5, 5.41) is 4.26. The molecule has 0 aliphatic heterocycles. The van der Waals surface area contributed by atoms with Crippen molar-refractivity contribution in [3.05, 3.63) is 59.5 Å². The van der Waals surface area contributed by atoms with Crippen LogP contribution in [0, 0.1) is 13.8 Å². The summed E-state index contributed by atoms with van der Waals surface area (Å²) in [6, 6.07) is 11.5. The lowest BCUT2D eigenvalue weighted by molar-refractivity contribution is 0.0994. The lowest BCUT2D eigenvalue weighted by atomic mass is 10.2. The second kappa shape index (κ2) is 5.01. The summed E-state index contributed by atoms with van der Waals surface area (Å²) in [5.41, 5.74) is 3.77. The molecule has 0 atom stereocenters. The van der Waals surface area contributed by atoms with Crippen LogP contribution in [0.1, 0.15) is 21.7 Å². The highest BCUT2D eigenvalue weighted by atomic mass is 16.2. The number of aromatic nitrogens is 3. The fourth-order valence-electron chi connectivity index (χ4n) is 2.37. The number of hydrogen-bond acceptors (Lipinski definition) is 3. The minimum absolute atomic E-state index is 0.117. The number of rotatable bonds is 2. The van der Waals surface area contributed by atoms with E-state index >= 15 is 0 Å². The fraction of sp³-hybridized carbons (Fsp3) is 0.188. The van der Waals surface area contributed by atoms with E-state index in [-0.39, 0.29) is 5.91 Å². The second-order valence-electron chi connectivity index (χ2n) is 5.03. The Bertz CT molecular complexity index is 808. The third-order valence-electron chi connectivity index (χ3n) is 3.46. The van der Waals surface area contributed by atoms with Gasteiger partial charge in [-0.2, -0.15) is 5.10 Å². The molecule has 0 radical (unpaired) electrons. The van der Waals surface area contributed by atoms with Crippen LogP contribution < -0.4 is 4.90 Å². The molecule has 3 aromatic rings. The molecule has 5 nitrogen and oxygen atoms in total. The Hall–Kier alpha value is -2.69. The molecule has 0 aliphatic rings. The summed E-state index contributed by atoms with van der Waals surface area (Å²) in [6.07, 6.45) is 1.58. The summed E-state index contributed by atoms with van der Waals surface area (Å²) in [7, 11) is 1.75. The third kappa shape index (κ3) is 2.27. The zero-order valence-electron chi connectivity index (χ0n) is 12.2. The first-order valence-corrected chi connectivity index (χ1v) is 6.73. The lowest BCUT2D eigenvalue weighted by Crippen LogP contribution is -2.26. The number of hydrogen-bond donors (Lipinski definition) is 0. The van der Waals surface area contributed by atoms with Crippen molar-refractivity contribution >= 4 is 17.2 Å². The maximum Gasteiger partial charge on any atom is 0.263 e. The first-order chi connectivity index (χ1) is 10.1. The van der Waals surface area contributed by atoms with Crippen molar-refractivity contribution in [2.75, 3.05) is 11.9 Å². The number of nitrogens with zero attached hydrogens (tertiary/aromatic N) is 4. The van der Waals surface area contributed by atoms with E-state index in [4.69, 9.17) is 0 Å². The Kier molecular flexibility index (Phi) is 3.17. The highest BCUT2D eigenvalue weighted by Gasteiger charge is 2.19. The number of anilines is 1. The standard InChI is InChI=1S/C16H16N4O/c1-11-9-12(2)20-15(18-11)14(10-17-20)16(21)19(3)13-7-5-4-6-8-13/h4-10H,1-3H3. The smallest absolute Gasteiger partial charge is 0.263 e. The van der Waals surface area contributed by atoms with Crippen LogP contribution in [0.4, 0.5) is 5.69 Å². The summed E-state index contributed by atoms with van der Waals surface area (Å²) < 4.78 is 1.69. The molecule has 21 heavy (non-hydrogen) atoms. The Morgan fingerprint density at radius 2 is 1.90 bits per heavy atom. The van der Waals surface area contributed by atoms with Crippen LogP contribution in [-0.2, 0) is 0 Å². The summed E-state index contributed by atoms with van der Waals surface area (Å²) in [6.45, 7) is 3.86. The van der Waals surface area contributed by atoms with Gasteiger partial charge in [0.05, 0.1) is 6.20 Å². The number of benzene rings is 1. The first-order valence-electron chi connectivity index (χ1n) is 6.73. The third-order valence-corrected chi connectivity index (χ3v) is 3.46. The van der Waals surface area contributed by atoms with E-state index in [1.807, 2.05) is 50.2 Å². The normalized spacial score (nSPS) is 10.8. The molecule has 0 fully saturated rings. The maximum atomic E-state index is 12.7. The van der Waals surface area contributed by atoms with E-state index in [9.17, 15) is 4.79 Å². The van der Waals surface area contributed by atoms with Crippen molar-refractivity contribution in [3.8, 4) is 0 Å². The van der Waals surface area contributed by atoms with Crippen LogP contribution in [0.5, 0.6) is 0 Å². The van der Waals surface area contributed by atoms with Gasteiger partial charge in [-0.15, -0.1) is 0 Å². The van der Waals surface area contributed by atoms with E-state index < -0.39 is 0 Å². The minimum Gasteiger partial charge on any atom is -0.311 e.